The van der Waals surface area contributed by atoms with Crippen LogP contribution in [0.5, 0.6) is 0 Å². The van der Waals surface area contributed by atoms with E-state index in [2.05, 4.69) is 5.32 Å². The topological polar surface area (TPSA) is 119 Å². The van der Waals surface area contributed by atoms with Crippen molar-refractivity contribution in [3.8, 4) is 0 Å². The van der Waals surface area contributed by atoms with Crippen molar-refractivity contribution in [3.63, 3.8) is 0 Å². The molecule has 3 rings (SSSR count). The number of rotatable bonds is 7. The van der Waals surface area contributed by atoms with E-state index in [0.29, 0.717) is 25.3 Å². The number of esters is 1. The van der Waals surface area contributed by atoms with Crippen molar-refractivity contribution in [1.29, 1.82) is 0 Å². The van der Waals surface area contributed by atoms with Crippen molar-refractivity contribution in [2.75, 3.05) is 29.9 Å². The first-order valence-corrected chi connectivity index (χ1v) is 11.0. The van der Waals surface area contributed by atoms with Crippen LogP contribution in [0.15, 0.2) is 53.4 Å². The van der Waals surface area contributed by atoms with Crippen LogP contribution in [-0.4, -0.2) is 40.0 Å². The molecule has 30 heavy (non-hydrogen) atoms. The third-order valence-electron chi connectivity index (χ3n) is 4.60. The molecule has 0 aliphatic carbocycles. The number of fused-ring (bicyclic) bond motifs is 1. The Morgan fingerprint density at radius 1 is 1.20 bits per heavy atom. The summed E-state index contributed by atoms with van der Waals surface area (Å²) in [5, 5.41) is 8.01. The van der Waals surface area contributed by atoms with E-state index in [1.807, 2.05) is 4.90 Å². The summed E-state index contributed by atoms with van der Waals surface area (Å²) in [6, 6.07) is 11.8. The van der Waals surface area contributed by atoms with E-state index in [1.54, 1.807) is 49.4 Å². The van der Waals surface area contributed by atoms with Crippen LogP contribution in [0.25, 0.3) is 6.08 Å². The minimum Gasteiger partial charge on any atom is -0.463 e. The zero-order valence-electron chi connectivity index (χ0n) is 16.5. The standard InChI is InChI=1S/C21H23N3O5S/c1-2-29-21(26)10-5-15-3-6-17(7-4-15)23-20(25)14-24-12-11-16-13-18(30(22,27)28)8-9-19(16)24/h3-10,13H,2,11-12,14H2,1H3,(H,23,25)(H2,22,27,28)/b10-5-. The van der Waals surface area contributed by atoms with Gasteiger partial charge in [0.15, 0.2) is 0 Å². The van der Waals surface area contributed by atoms with Gasteiger partial charge in [0.05, 0.1) is 18.0 Å². The fraction of sp³-hybridized carbons (Fsp3) is 0.238. The van der Waals surface area contributed by atoms with E-state index in [0.717, 1.165) is 16.8 Å². The molecular weight excluding hydrogens is 406 g/mol. The zero-order valence-corrected chi connectivity index (χ0v) is 17.3. The fourth-order valence-electron chi connectivity index (χ4n) is 3.19. The van der Waals surface area contributed by atoms with Crippen LogP contribution in [0, 0.1) is 0 Å². The molecule has 1 amide bonds. The maximum Gasteiger partial charge on any atom is 0.330 e. The van der Waals surface area contributed by atoms with Gasteiger partial charge < -0.3 is 15.0 Å². The number of anilines is 2. The number of nitrogens with zero attached hydrogens (tertiary/aromatic N) is 1. The van der Waals surface area contributed by atoms with E-state index in [4.69, 9.17) is 9.88 Å². The first-order valence-electron chi connectivity index (χ1n) is 9.41. The van der Waals surface area contributed by atoms with Crippen LogP contribution >= 0.6 is 0 Å². The molecule has 2 aromatic carbocycles. The number of hydrogen-bond donors (Lipinski definition) is 2. The summed E-state index contributed by atoms with van der Waals surface area (Å²) in [6.45, 7) is 2.83. The molecule has 0 saturated heterocycles. The molecule has 158 valence electrons. The highest BCUT2D eigenvalue weighted by molar-refractivity contribution is 7.89. The monoisotopic (exact) mass is 429 g/mol. The summed E-state index contributed by atoms with van der Waals surface area (Å²) < 4.78 is 27.8. The minimum absolute atomic E-state index is 0.0737. The SMILES string of the molecule is CCOC(=O)/C=C\c1ccc(NC(=O)CN2CCc3cc(S(N)(=O)=O)ccc32)cc1. The van der Waals surface area contributed by atoms with E-state index in [9.17, 15) is 18.0 Å². The van der Waals surface area contributed by atoms with E-state index < -0.39 is 16.0 Å². The molecule has 9 heteroatoms. The maximum absolute atomic E-state index is 12.4. The summed E-state index contributed by atoms with van der Waals surface area (Å²) in [7, 11) is -3.75. The zero-order chi connectivity index (χ0) is 21.7. The lowest BCUT2D eigenvalue weighted by Gasteiger charge is -2.19. The molecule has 1 aliphatic rings. The number of sulfonamides is 1. The number of carbonyl (C=O) groups is 2. The first kappa shape index (κ1) is 21.5. The molecule has 0 fully saturated rings. The Morgan fingerprint density at radius 2 is 1.93 bits per heavy atom. The second-order valence-corrected chi connectivity index (χ2v) is 8.32. The van der Waals surface area contributed by atoms with Crippen LogP contribution in [-0.2, 0) is 30.8 Å². The normalized spacial score (nSPS) is 13.3. The summed E-state index contributed by atoms with van der Waals surface area (Å²) in [4.78, 5) is 25.7. The van der Waals surface area contributed by atoms with Crippen molar-refractivity contribution in [2.24, 2.45) is 5.14 Å². The quantitative estimate of drug-likeness (QED) is 0.513. The highest BCUT2D eigenvalue weighted by Crippen LogP contribution is 2.29. The minimum atomic E-state index is -3.75. The average Bonchev–Trinajstić information content (AvgIpc) is 3.09. The number of primary sulfonamides is 1. The Bertz CT molecular complexity index is 1080. The second kappa shape index (κ2) is 9.10. The largest absolute Gasteiger partial charge is 0.463 e. The summed E-state index contributed by atoms with van der Waals surface area (Å²) >= 11 is 0. The number of ether oxygens (including phenoxy) is 1. The van der Waals surface area contributed by atoms with Crippen molar-refractivity contribution in [2.45, 2.75) is 18.2 Å². The summed E-state index contributed by atoms with van der Waals surface area (Å²) in [5.41, 5.74) is 3.13. The number of carbonyl (C=O) groups excluding carboxylic acids is 2. The van der Waals surface area contributed by atoms with Gasteiger partial charge in [-0.2, -0.15) is 0 Å². The van der Waals surface area contributed by atoms with Crippen LogP contribution in [0.1, 0.15) is 18.1 Å². The van der Waals surface area contributed by atoms with Crippen LogP contribution < -0.4 is 15.4 Å². The van der Waals surface area contributed by atoms with Gasteiger partial charge in [-0.25, -0.2) is 18.4 Å². The molecule has 0 radical (unpaired) electrons. The van der Waals surface area contributed by atoms with Crippen LogP contribution in [0.3, 0.4) is 0 Å². The van der Waals surface area contributed by atoms with Gasteiger partial charge in [0, 0.05) is 24.0 Å². The Balaban J connectivity index is 1.59. The molecule has 0 bridgehead atoms. The molecule has 0 atom stereocenters. The van der Waals surface area contributed by atoms with Crippen LogP contribution in [0.2, 0.25) is 0 Å². The second-order valence-electron chi connectivity index (χ2n) is 6.76. The number of benzene rings is 2. The van der Waals surface area contributed by atoms with Crippen molar-refractivity contribution < 1.29 is 22.7 Å². The molecule has 0 unspecified atom stereocenters. The van der Waals surface area contributed by atoms with Gasteiger partial charge in [0.25, 0.3) is 0 Å². The smallest absolute Gasteiger partial charge is 0.330 e. The van der Waals surface area contributed by atoms with Crippen molar-refractivity contribution in [1.82, 2.24) is 0 Å². The van der Waals surface area contributed by atoms with Gasteiger partial charge in [-0.3, -0.25) is 4.79 Å². The van der Waals surface area contributed by atoms with Gasteiger partial charge in [-0.1, -0.05) is 12.1 Å². The van der Waals surface area contributed by atoms with Crippen molar-refractivity contribution in [3.05, 3.63) is 59.7 Å². The third kappa shape index (κ3) is 5.46. The highest BCUT2D eigenvalue weighted by Gasteiger charge is 2.23. The molecule has 1 heterocycles. The van der Waals surface area contributed by atoms with E-state index in [-0.39, 0.29) is 17.3 Å². The lowest BCUT2D eigenvalue weighted by Crippen LogP contribution is -2.31. The number of hydrogen-bond acceptors (Lipinski definition) is 6. The lowest BCUT2D eigenvalue weighted by molar-refractivity contribution is -0.137. The molecule has 0 saturated carbocycles. The van der Waals surface area contributed by atoms with Gasteiger partial charge in [0.1, 0.15) is 0 Å². The Labute approximate surface area is 175 Å². The van der Waals surface area contributed by atoms with E-state index in [1.165, 1.54) is 12.1 Å². The maximum atomic E-state index is 12.4. The molecule has 8 nitrogen and oxygen atoms in total. The summed E-state index contributed by atoms with van der Waals surface area (Å²) in [6.07, 6.45) is 3.64. The first-order chi connectivity index (χ1) is 14.3. The van der Waals surface area contributed by atoms with Gasteiger partial charge in [-0.15, -0.1) is 0 Å². The van der Waals surface area contributed by atoms with Crippen LogP contribution in [0.4, 0.5) is 11.4 Å². The predicted octanol–water partition coefficient (Wildman–Crippen LogP) is 1.91. The third-order valence-corrected chi connectivity index (χ3v) is 5.51. The number of nitrogens with two attached hydrogens (primary N) is 1. The Morgan fingerprint density at radius 3 is 2.60 bits per heavy atom. The molecule has 0 spiro atoms. The Kier molecular flexibility index (Phi) is 6.53. The van der Waals surface area contributed by atoms with Crippen molar-refractivity contribution >= 4 is 39.4 Å². The number of amides is 1. The molecule has 2 aromatic rings. The fourth-order valence-corrected chi connectivity index (χ4v) is 3.76. The molecule has 0 aromatic heterocycles. The Hall–Kier alpha value is -3.17. The number of nitrogens with one attached hydrogen (secondary N) is 1. The predicted molar refractivity (Wildman–Crippen MR) is 114 cm³/mol. The van der Waals surface area contributed by atoms with Gasteiger partial charge in [-0.05, 0) is 60.9 Å². The van der Waals surface area contributed by atoms with Gasteiger partial charge >= 0.3 is 5.97 Å². The molecular formula is C21H23N3O5S. The molecule has 1 aliphatic heterocycles. The molecule has 3 N–H and O–H groups in total. The average molecular weight is 429 g/mol. The highest BCUT2D eigenvalue weighted by atomic mass is 32.2. The lowest BCUT2D eigenvalue weighted by atomic mass is 10.2. The van der Waals surface area contributed by atoms with E-state index >= 15 is 0 Å². The summed E-state index contributed by atoms with van der Waals surface area (Å²) in [5.74, 6) is -0.592. The van der Waals surface area contributed by atoms with Gasteiger partial charge in [0.2, 0.25) is 15.9 Å².